The minimum Gasteiger partial charge on any atom is -0.392 e. The first kappa shape index (κ1) is 20.7. The number of carbonyl (C=O) groups is 2. The molecule has 26 heavy (non-hydrogen) atoms. The predicted molar refractivity (Wildman–Crippen MR) is 102 cm³/mol. The summed E-state index contributed by atoms with van der Waals surface area (Å²) in [5.41, 5.74) is 1.17. The molecule has 0 aromatic heterocycles. The Bertz CT molecular complexity index is 599. The molecule has 0 bridgehead atoms. The summed E-state index contributed by atoms with van der Waals surface area (Å²) in [6.45, 7) is 3.03. The maximum atomic E-state index is 12.5. The third-order valence-corrected chi connectivity index (χ3v) is 5.04. The van der Waals surface area contributed by atoms with Crippen molar-refractivity contribution < 1.29 is 14.7 Å². The summed E-state index contributed by atoms with van der Waals surface area (Å²) < 4.78 is 0. The van der Waals surface area contributed by atoms with E-state index in [1.807, 2.05) is 40.1 Å². The van der Waals surface area contributed by atoms with Crippen LogP contribution in [-0.2, 0) is 16.0 Å². The van der Waals surface area contributed by atoms with Gasteiger partial charge in [-0.2, -0.15) is 0 Å². The van der Waals surface area contributed by atoms with E-state index in [9.17, 15) is 14.7 Å². The van der Waals surface area contributed by atoms with Gasteiger partial charge in [-0.25, -0.2) is 0 Å². The molecule has 2 aliphatic heterocycles. The second-order valence-electron chi connectivity index (χ2n) is 6.90. The van der Waals surface area contributed by atoms with E-state index in [1.165, 1.54) is 5.56 Å². The molecule has 3 rings (SSSR count). The van der Waals surface area contributed by atoms with Gasteiger partial charge in [-0.1, -0.05) is 30.3 Å². The maximum absolute atomic E-state index is 12.5. The normalized spacial score (nSPS) is 23.3. The summed E-state index contributed by atoms with van der Waals surface area (Å²) >= 11 is 0. The van der Waals surface area contributed by atoms with Gasteiger partial charge in [-0.3, -0.25) is 9.59 Å². The molecule has 0 aliphatic carbocycles. The van der Waals surface area contributed by atoms with Crippen LogP contribution in [0.25, 0.3) is 0 Å². The summed E-state index contributed by atoms with van der Waals surface area (Å²) in [5, 5.41) is 12.7. The van der Waals surface area contributed by atoms with Crippen LogP contribution < -0.4 is 5.32 Å². The highest BCUT2D eigenvalue weighted by molar-refractivity contribution is 5.85. The minimum atomic E-state index is -0.433. The number of hydrogen-bond donors (Lipinski definition) is 2. The Hall–Kier alpha value is -1.63. The second-order valence-corrected chi connectivity index (χ2v) is 6.90. The molecule has 0 spiro atoms. The van der Waals surface area contributed by atoms with Crippen molar-refractivity contribution >= 4 is 24.2 Å². The third-order valence-electron chi connectivity index (χ3n) is 5.04. The number of rotatable bonds is 4. The highest BCUT2D eigenvalue weighted by Gasteiger charge is 2.32. The standard InChI is InChI=1S/C19H27N3O3.ClH/c23-16-13-17(20-14-16)19(25)22-10-4-9-21(11-12-22)18(24)8-7-15-5-2-1-3-6-15;/h1-3,5-6,16-17,20,23H,4,7-14H2;1H. The molecule has 144 valence electrons. The van der Waals surface area contributed by atoms with Crippen LogP contribution in [-0.4, -0.2) is 71.6 Å². The van der Waals surface area contributed by atoms with Gasteiger partial charge in [0.15, 0.2) is 0 Å². The topological polar surface area (TPSA) is 72.9 Å². The van der Waals surface area contributed by atoms with E-state index in [0.717, 1.165) is 12.8 Å². The minimum absolute atomic E-state index is 0. The monoisotopic (exact) mass is 381 g/mol. The molecule has 1 aromatic carbocycles. The summed E-state index contributed by atoms with van der Waals surface area (Å²) in [5.74, 6) is 0.211. The van der Waals surface area contributed by atoms with Crippen LogP contribution >= 0.6 is 12.4 Å². The molecular formula is C19H28ClN3O3. The summed E-state index contributed by atoms with van der Waals surface area (Å²) in [4.78, 5) is 28.7. The highest BCUT2D eigenvalue weighted by Crippen LogP contribution is 2.13. The van der Waals surface area contributed by atoms with Crippen molar-refractivity contribution in [3.05, 3.63) is 35.9 Å². The number of aliphatic hydroxyl groups is 1. The molecular weight excluding hydrogens is 354 g/mol. The predicted octanol–water partition coefficient (Wildman–Crippen LogP) is 0.825. The molecule has 2 saturated heterocycles. The van der Waals surface area contributed by atoms with Gasteiger partial charge in [0, 0.05) is 39.1 Å². The van der Waals surface area contributed by atoms with Crippen molar-refractivity contribution in [3.8, 4) is 0 Å². The van der Waals surface area contributed by atoms with Crippen LogP contribution in [0, 0.1) is 0 Å². The van der Waals surface area contributed by atoms with Gasteiger partial charge >= 0.3 is 0 Å². The zero-order chi connectivity index (χ0) is 17.6. The van der Waals surface area contributed by atoms with Gasteiger partial charge in [0.05, 0.1) is 12.1 Å². The number of hydrogen-bond acceptors (Lipinski definition) is 4. The fraction of sp³-hybridized carbons (Fsp3) is 0.579. The largest absolute Gasteiger partial charge is 0.392 e. The fourth-order valence-corrected chi connectivity index (χ4v) is 3.57. The lowest BCUT2D eigenvalue weighted by Gasteiger charge is -2.24. The number of carbonyl (C=O) groups excluding carboxylic acids is 2. The number of nitrogens with zero attached hydrogens (tertiary/aromatic N) is 2. The average molecular weight is 382 g/mol. The van der Waals surface area contributed by atoms with E-state index in [1.54, 1.807) is 0 Å². The SMILES string of the molecule is Cl.O=C(CCc1ccccc1)N1CCCN(C(=O)C2CC(O)CN2)CC1. The number of benzene rings is 1. The van der Waals surface area contributed by atoms with E-state index in [2.05, 4.69) is 5.32 Å². The van der Waals surface area contributed by atoms with Crippen molar-refractivity contribution in [1.29, 1.82) is 0 Å². The number of halogens is 1. The number of amides is 2. The van der Waals surface area contributed by atoms with Crippen molar-refractivity contribution in [1.82, 2.24) is 15.1 Å². The lowest BCUT2D eigenvalue weighted by Crippen LogP contribution is -2.45. The zero-order valence-electron chi connectivity index (χ0n) is 15.0. The second kappa shape index (κ2) is 9.90. The van der Waals surface area contributed by atoms with Crippen LogP contribution in [0.4, 0.5) is 0 Å². The van der Waals surface area contributed by atoms with Gasteiger partial charge in [0.1, 0.15) is 0 Å². The van der Waals surface area contributed by atoms with E-state index < -0.39 is 6.10 Å². The first-order valence-electron chi connectivity index (χ1n) is 9.15. The number of aliphatic hydroxyl groups excluding tert-OH is 1. The summed E-state index contributed by atoms with van der Waals surface area (Å²) in [7, 11) is 0. The third kappa shape index (κ3) is 5.43. The summed E-state index contributed by atoms with van der Waals surface area (Å²) in [6.07, 6.45) is 2.11. The Kier molecular flexibility index (Phi) is 7.87. The average Bonchev–Trinajstić information content (AvgIpc) is 2.92. The van der Waals surface area contributed by atoms with E-state index in [-0.39, 0.29) is 30.3 Å². The van der Waals surface area contributed by atoms with Crippen molar-refractivity contribution in [2.75, 3.05) is 32.7 Å². The number of nitrogens with one attached hydrogen (secondary N) is 1. The van der Waals surface area contributed by atoms with E-state index in [4.69, 9.17) is 0 Å². The molecule has 0 radical (unpaired) electrons. The number of aryl methyl sites for hydroxylation is 1. The molecule has 2 atom stereocenters. The smallest absolute Gasteiger partial charge is 0.239 e. The molecule has 2 aliphatic rings. The van der Waals surface area contributed by atoms with Crippen LogP contribution in [0.5, 0.6) is 0 Å². The lowest BCUT2D eigenvalue weighted by molar-refractivity contribution is -0.134. The van der Waals surface area contributed by atoms with Gasteiger partial charge in [-0.15, -0.1) is 12.4 Å². The first-order chi connectivity index (χ1) is 12.1. The Morgan fingerprint density at radius 1 is 1.08 bits per heavy atom. The van der Waals surface area contributed by atoms with E-state index in [0.29, 0.717) is 45.6 Å². The molecule has 0 saturated carbocycles. The molecule has 6 nitrogen and oxygen atoms in total. The molecule has 2 N–H and O–H groups in total. The van der Waals surface area contributed by atoms with Crippen molar-refractivity contribution in [2.45, 2.75) is 37.8 Å². The maximum Gasteiger partial charge on any atom is 0.239 e. The van der Waals surface area contributed by atoms with Gasteiger partial charge in [0.25, 0.3) is 0 Å². The lowest BCUT2D eigenvalue weighted by atomic mass is 10.1. The molecule has 2 fully saturated rings. The van der Waals surface area contributed by atoms with Gasteiger partial charge in [0.2, 0.25) is 11.8 Å². The quantitative estimate of drug-likeness (QED) is 0.810. The first-order valence-corrected chi connectivity index (χ1v) is 9.15. The van der Waals surface area contributed by atoms with Crippen LogP contribution in [0.2, 0.25) is 0 Å². The Balaban J connectivity index is 0.00000243. The molecule has 2 amide bonds. The Morgan fingerprint density at radius 3 is 2.46 bits per heavy atom. The molecule has 2 heterocycles. The summed E-state index contributed by atoms with van der Waals surface area (Å²) in [6, 6.07) is 9.75. The van der Waals surface area contributed by atoms with Crippen LogP contribution in [0.1, 0.15) is 24.8 Å². The molecule has 7 heteroatoms. The van der Waals surface area contributed by atoms with Crippen LogP contribution in [0.3, 0.4) is 0 Å². The van der Waals surface area contributed by atoms with Crippen LogP contribution in [0.15, 0.2) is 30.3 Å². The van der Waals surface area contributed by atoms with E-state index >= 15 is 0 Å². The molecule has 1 aromatic rings. The van der Waals surface area contributed by atoms with Crippen molar-refractivity contribution in [3.63, 3.8) is 0 Å². The highest BCUT2D eigenvalue weighted by atomic mass is 35.5. The van der Waals surface area contributed by atoms with Gasteiger partial charge < -0.3 is 20.2 Å². The van der Waals surface area contributed by atoms with Gasteiger partial charge in [-0.05, 0) is 24.8 Å². The zero-order valence-corrected chi connectivity index (χ0v) is 15.8. The van der Waals surface area contributed by atoms with Crippen molar-refractivity contribution in [2.24, 2.45) is 0 Å². The Morgan fingerprint density at radius 2 is 1.77 bits per heavy atom. The molecule has 2 unspecified atom stereocenters. The Labute approximate surface area is 161 Å². The number of β-amino-alcohol motifs (C(OH)–C–C–N with tert-alkyl or cyclic N) is 1. The fourth-order valence-electron chi connectivity index (χ4n) is 3.57.